The normalized spacial score (nSPS) is 19.2. The van der Waals surface area contributed by atoms with Gasteiger partial charge in [0.2, 0.25) is 5.91 Å². The number of aliphatic carboxylic acids is 1. The van der Waals surface area contributed by atoms with Crippen LogP contribution in [0.1, 0.15) is 46.7 Å². The number of carboxylic acids is 1. The lowest BCUT2D eigenvalue weighted by molar-refractivity contribution is -0.192. The van der Waals surface area contributed by atoms with E-state index in [4.69, 9.17) is 15.6 Å². The van der Waals surface area contributed by atoms with E-state index in [0.717, 1.165) is 37.1 Å². The number of hydrogen-bond donors (Lipinski definition) is 3. The van der Waals surface area contributed by atoms with Gasteiger partial charge in [0, 0.05) is 5.56 Å². The zero-order valence-electron chi connectivity index (χ0n) is 16.0. The Balaban J connectivity index is 0.000000396. The molecule has 2 heterocycles. The maximum atomic E-state index is 11.7. The summed E-state index contributed by atoms with van der Waals surface area (Å²) in [7, 11) is -2.99. The van der Waals surface area contributed by atoms with Crippen LogP contribution in [-0.4, -0.2) is 56.2 Å². The Morgan fingerprint density at radius 1 is 1.17 bits per heavy atom. The van der Waals surface area contributed by atoms with Crippen molar-refractivity contribution in [2.45, 2.75) is 31.4 Å². The number of carbonyl (C=O) groups is 2. The molecule has 0 aromatic heterocycles. The van der Waals surface area contributed by atoms with Gasteiger partial charge in [-0.15, -0.1) is 0 Å². The standard InChI is InChI=1S/C17H22N2O3S.C2HF3O2/c18-17(20)15-2-1-14(12-3-7-19-8-4-12)11-16(15)13-5-9-23(21,22)10-6-13;3-2(4,5)1(6)7/h1-2,5,11-12,19H,3-4,6-10H2,(H2,18,20);(H,6,7). The number of halogens is 3. The van der Waals surface area contributed by atoms with Gasteiger partial charge >= 0.3 is 12.1 Å². The van der Waals surface area contributed by atoms with E-state index in [-0.39, 0.29) is 11.5 Å². The van der Waals surface area contributed by atoms with E-state index in [0.29, 0.717) is 17.9 Å². The fourth-order valence-corrected chi connectivity index (χ4v) is 4.53. The Morgan fingerprint density at radius 2 is 1.77 bits per heavy atom. The number of carbonyl (C=O) groups excluding carboxylic acids is 1. The lowest BCUT2D eigenvalue weighted by Gasteiger charge is -2.24. The van der Waals surface area contributed by atoms with E-state index in [1.54, 1.807) is 12.1 Å². The third-order valence-electron chi connectivity index (χ3n) is 4.97. The zero-order chi connectivity index (χ0) is 22.5. The monoisotopic (exact) mass is 448 g/mol. The molecule has 4 N–H and O–H groups in total. The molecular formula is C19H23F3N2O5S. The van der Waals surface area contributed by atoms with Crippen LogP contribution in [0.4, 0.5) is 13.2 Å². The minimum Gasteiger partial charge on any atom is -0.475 e. The SMILES string of the molecule is NC(=O)c1ccc(C2CCNCC2)cc1C1=CCS(=O)(=O)CC1.O=C(O)C(F)(F)F. The molecule has 1 amide bonds. The highest BCUT2D eigenvalue weighted by atomic mass is 32.2. The van der Waals surface area contributed by atoms with Crippen molar-refractivity contribution in [1.29, 1.82) is 0 Å². The minimum absolute atomic E-state index is 0.0398. The summed E-state index contributed by atoms with van der Waals surface area (Å²) in [5.74, 6) is -2.57. The molecule has 2 aliphatic rings. The smallest absolute Gasteiger partial charge is 0.475 e. The Bertz CT molecular complexity index is 936. The predicted octanol–water partition coefficient (Wildman–Crippen LogP) is 2.09. The number of sulfone groups is 1. The molecule has 0 bridgehead atoms. The van der Waals surface area contributed by atoms with Crippen molar-refractivity contribution < 1.29 is 36.3 Å². The summed E-state index contributed by atoms with van der Waals surface area (Å²) in [6, 6.07) is 5.82. The molecule has 0 saturated carbocycles. The molecule has 0 unspecified atom stereocenters. The summed E-state index contributed by atoms with van der Waals surface area (Å²) in [5.41, 5.74) is 8.93. The van der Waals surface area contributed by atoms with E-state index in [9.17, 15) is 26.4 Å². The van der Waals surface area contributed by atoms with Crippen LogP contribution in [0, 0.1) is 0 Å². The van der Waals surface area contributed by atoms with Crippen molar-refractivity contribution in [3.05, 3.63) is 41.0 Å². The molecule has 30 heavy (non-hydrogen) atoms. The Morgan fingerprint density at radius 3 is 2.23 bits per heavy atom. The number of piperidine rings is 1. The van der Waals surface area contributed by atoms with Gasteiger partial charge in [-0.25, -0.2) is 13.2 Å². The van der Waals surface area contributed by atoms with Crippen molar-refractivity contribution in [3.8, 4) is 0 Å². The van der Waals surface area contributed by atoms with E-state index in [2.05, 4.69) is 5.32 Å². The van der Waals surface area contributed by atoms with Crippen LogP contribution in [0.25, 0.3) is 5.57 Å². The number of nitrogens with two attached hydrogens (primary N) is 1. The van der Waals surface area contributed by atoms with E-state index < -0.39 is 27.9 Å². The topological polar surface area (TPSA) is 127 Å². The quantitative estimate of drug-likeness (QED) is 0.650. The fourth-order valence-electron chi connectivity index (χ4n) is 3.37. The first-order valence-electron chi connectivity index (χ1n) is 9.25. The molecule has 2 aliphatic heterocycles. The summed E-state index contributed by atoms with van der Waals surface area (Å²) < 4.78 is 55.0. The fraction of sp³-hybridized carbons (Fsp3) is 0.474. The molecule has 166 valence electrons. The number of benzene rings is 1. The Labute approximate surface area is 172 Å². The minimum atomic E-state index is -5.08. The highest BCUT2D eigenvalue weighted by Crippen LogP contribution is 2.32. The second-order valence-electron chi connectivity index (χ2n) is 7.09. The third kappa shape index (κ3) is 6.56. The summed E-state index contributed by atoms with van der Waals surface area (Å²) >= 11 is 0. The van der Waals surface area contributed by atoms with Gasteiger partial charge in [0.05, 0.1) is 11.5 Å². The molecule has 11 heteroatoms. The van der Waals surface area contributed by atoms with Crippen molar-refractivity contribution in [3.63, 3.8) is 0 Å². The van der Waals surface area contributed by atoms with E-state index in [1.807, 2.05) is 12.1 Å². The van der Waals surface area contributed by atoms with Gasteiger partial charge in [-0.3, -0.25) is 4.79 Å². The van der Waals surface area contributed by atoms with Crippen LogP contribution >= 0.6 is 0 Å². The molecule has 1 aromatic rings. The van der Waals surface area contributed by atoms with Gasteiger partial charge in [0.15, 0.2) is 9.84 Å². The first-order valence-corrected chi connectivity index (χ1v) is 11.1. The van der Waals surface area contributed by atoms with Crippen molar-refractivity contribution in [2.24, 2.45) is 5.73 Å². The van der Waals surface area contributed by atoms with Crippen molar-refractivity contribution in [2.75, 3.05) is 24.6 Å². The summed E-state index contributed by atoms with van der Waals surface area (Å²) in [4.78, 5) is 20.6. The van der Waals surface area contributed by atoms with Gasteiger partial charge in [-0.2, -0.15) is 13.2 Å². The molecule has 0 atom stereocenters. The first kappa shape index (κ1) is 23.9. The van der Waals surface area contributed by atoms with Gasteiger partial charge < -0.3 is 16.2 Å². The number of nitrogens with one attached hydrogen (secondary N) is 1. The number of amides is 1. The maximum Gasteiger partial charge on any atom is 0.490 e. The molecule has 0 radical (unpaired) electrons. The summed E-state index contributed by atoms with van der Waals surface area (Å²) in [6.45, 7) is 2.00. The molecule has 0 aliphatic carbocycles. The largest absolute Gasteiger partial charge is 0.490 e. The Kier molecular flexibility index (Phi) is 7.64. The lowest BCUT2D eigenvalue weighted by atomic mass is 9.86. The number of alkyl halides is 3. The van der Waals surface area contributed by atoms with Crippen LogP contribution in [-0.2, 0) is 14.6 Å². The van der Waals surface area contributed by atoms with E-state index >= 15 is 0 Å². The number of primary amides is 1. The molecule has 0 spiro atoms. The molecule has 1 saturated heterocycles. The number of rotatable bonds is 3. The summed E-state index contributed by atoms with van der Waals surface area (Å²) in [6.07, 6.45) is -0.767. The number of hydrogen-bond acceptors (Lipinski definition) is 5. The molecule has 3 rings (SSSR count). The van der Waals surface area contributed by atoms with Gasteiger partial charge in [-0.05, 0) is 61.0 Å². The average molecular weight is 448 g/mol. The molecule has 1 aromatic carbocycles. The maximum absolute atomic E-state index is 11.7. The number of allylic oxidation sites excluding steroid dienone is 1. The highest BCUT2D eigenvalue weighted by molar-refractivity contribution is 7.91. The molecule has 1 fully saturated rings. The average Bonchev–Trinajstić information content (AvgIpc) is 2.68. The molecule has 7 nitrogen and oxygen atoms in total. The Hall–Kier alpha value is -2.40. The van der Waals surface area contributed by atoms with Crippen molar-refractivity contribution in [1.82, 2.24) is 5.32 Å². The summed E-state index contributed by atoms with van der Waals surface area (Å²) in [5, 5.41) is 10.5. The number of carboxylic acid groups (broad SMARTS) is 1. The molecular weight excluding hydrogens is 425 g/mol. The third-order valence-corrected chi connectivity index (χ3v) is 6.47. The highest BCUT2D eigenvalue weighted by Gasteiger charge is 2.38. The van der Waals surface area contributed by atoms with Crippen LogP contribution in [0.5, 0.6) is 0 Å². The second-order valence-corrected chi connectivity index (χ2v) is 9.32. The van der Waals surface area contributed by atoms with Gasteiger partial charge in [-0.1, -0.05) is 18.2 Å². The van der Waals surface area contributed by atoms with Crippen molar-refractivity contribution >= 4 is 27.3 Å². The van der Waals surface area contributed by atoms with Crippen LogP contribution in [0.2, 0.25) is 0 Å². The van der Waals surface area contributed by atoms with Gasteiger partial charge in [0.25, 0.3) is 0 Å². The second kappa shape index (κ2) is 9.61. The lowest BCUT2D eigenvalue weighted by Crippen LogP contribution is -2.27. The first-order chi connectivity index (χ1) is 13.9. The zero-order valence-corrected chi connectivity index (χ0v) is 16.9. The van der Waals surface area contributed by atoms with Gasteiger partial charge in [0.1, 0.15) is 0 Å². The van der Waals surface area contributed by atoms with E-state index in [1.165, 1.54) is 5.56 Å². The predicted molar refractivity (Wildman–Crippen MR) is 105 cm³/mol. The van der Waals surface area contributed by atoms with Crippen LogP contribution in [0.3, 0.4) is 0 Å². The van der Waals surface area contributed by atoms with Crippen LogP contribution < -0.4 is 11.1 Å². The van der Waals surface area contributed by atoms with Crippen LogP contribution in [0.15, 0.2) is 24.3 Å².